The maximum Gasteiger partial charge on any atom is 0.325 e. The van der Waals surface area contributed by atoms with Crippen LogP contribution in [-0.4, -0.2) is 18.2 Å². The standard InChI is InChI=1S/C16H16FNO3/c1-21-14-8-2-11(3-9-14)10-18-15(16(19)20)12-4-6-13(17)7-5-12/h2-9,15,18H,10H2,1H3,(H,19,20). The number of carboxylic acid groups (broad SMARTS) is 1. The highest BCUT2D eigenvalue weighted by Crippen LogP contribution is 2.16. The SMILES string of the molecule is COc1ccc(CNC(C(=O)O)c2ccc(F)cc2)cc1. The Labute approximate surface area is 122 Å². The van der Waals surface area contributed by atoms with E-state index in [2.05, 4.69) is 5.32 Å². The highest BCUT2D eigenvalue weighted by Gasteiger charge is 2.18. The molecule has 2 aromatic rings. The molecule has 0 aliphatic heterocycles. The molecule has 2 N–H and O–H groups in total. The Kier molecular flexibility index (Phi) is 4.90. The van der Waals surface area contributed by atoms with Gasteiger partial charge in [0.15, 0.2) is 0 Å². The van der Waals surface area contributed by atoms with Crippen molar-refractivity contribution in [1.29, 1.82) is 0 Å². The summed E-state index contributed by atoms with van der Waals surface area (Å²) in [6.45, 7) is 0.387. The van der Waals surface area contributed by atoms with Crippen molar-refractivity contribution in [3.05, 3.63) is 65.5 Å². The highest BCUT2D eigenvalue weighted by atomic mass is 19.1. The second-order valence-electron chi connectivity index (χ2n) is 4.55. The van der Waals surface area contributed by atoms with Crippen molar-refractivity contribution < 1.29 is 19.0 Å². The van der Waals surface area contributed by atoms with Crippen molar-refractivity contribution in [2.45, 2.75) is 12.6 Å². The van der Waals surface area contributed by atoms with Crippen LogP contribution in [0.15, 0.2) is 48.5 Å². The van der Waals surface area contributed by atoms with Gasteiger partial charge in [-0.05, 0) is 35.4 Å². The van der Waals surface area contributed by atoms with Gasteiger partial charge in [-0.2, -0.15) is 0 Å². The molecule has 0 fully saturated rings. The first kappa shape index (κ1) is 15.0. The van der Waals surface area contributed by atoms with Gasteiger partial charge in [-0.15, -0.1) is 0 Å². The van der Waals surface area contributed by atoms with Gasteiger partial charge in [0.1, 0.15) is 17.6 Å². The van der Waals surface area contributed by atoms with E-state index >= 15 is 0 Å². The molecule has 0 aliphatic rings. The molecule has 4 nitrogen and oxygen atoms in total. The summed E-state index contributed by atoms with van der Waals surface area (Å²) in [6, 6.07) is 11.9. The molecule has 0 saturated carbocycles. The maximum atomic E-state index is 12.9. The average Bonchev–Trinajstić information content (AvgIpc) is 2.49. The number of ether oxygens (including phenoxy) is 1. The molecular formula is C16H16FNO3. The van der Waals surface area contributed by atoms with E-state index in [0.29, 0.717) is 12.1 Å². The number of hydrogen-bond acceptors (Lipinski definition) is 3. The monoisotopic (exact) mass is 289 g/mol. The van der Waals surface area contributed by atoms with Crippen LogP contribution in [0.5, 0.6) is 5.75 Å². The van der Waals surface area contributed by atoms with Crippen LogP contribution < -0.4 is 10.1 Å². The Bertz CT molecular complexity index is 596. The molecule has 1 atom stereocenters. The van der Waals surface area contributed by atoms with Crippen LogP contribution >= 0.6 is 0 Å². The minimum Gasteiger partial charge on any atom is -0.497 e. The lowest BCUT2D eigenvalue weighted by molar-refractivity contribution is -0.139. The van der Waals surface area contributed by atoms with Gasteiger partial charge in [0, 0.05) is 6.54 Å². The van der Waals surface area contributed by atoms with Gasteiger partial charge < -0.3 is 9.84 Å². The Morgan fingerprint density at radius 3 is 2.33 bits per heavy atom. The molecule has 0 spiro atoms. The summed E-state index contributed by atoms with van der Waals surface area (Å²) >= 11 is 0. The van der Waals surface area contributed by atoms with E-state index in [9.17, 15) is 14.3 Å². The first-order valence-electron chi connectivity index (χ1n) is 6.44. The number of methoxy groups -OCH3 is 1. The van der Waals surface area contributed by atoms with E-state index in [1.165, 1.54) is 24.3 Å². The molecule has 5 heteroatoms. The Morgan fingerprint density at radius 2 is 1.81 bits per heavy atom. The van der Waals surface area contributed by atoms with Gasteiger partial charge in [-0.25, -0.2) is 4.39 Å². The smallest absolute Gasteiger partial charge is 0.325 e. The summed E-state index contributed by atoms with van der Waals surface area (Å²) in [7, 11) is 1.59. The van der Waals surface area contributed by atoms with Crippen LogP contribution in [-0.2, 0) is 11.3 Å². The molecule has 0 aliphatic carbocycles. The third-order valence-corrected chi connectivity index (χ3v) is 3.12. The zero-order chi connectivity index (χ0) is 15.2. The summed E-state index contributed by atoms with van der Waals surface area (Å²) in [5.41, 5.74) is 1.45. The quantitative estimate of drug-likeness (QED) is 0.858. The summed E-state index contributed by atoms with van der Waals surface area (Å²) in [6.07, 6.45) is 0. The van der Waals surface area contributed by atoms with E-state index in [1.54, 1.807) is 7.11 Å². The molecule has 21 heavy (non-hydrogen) atoms. The van der Waals surface area contributed by atoms with Gasteiger partial charge in [-0.3, -0.25) is 10.1 Å². The number of carbonyl (C=O) groups is 1. The lowest BCUT2D eigenvalue weighted by atomic mass is 10.1. The number of rotatable bonds is 6. The Balaban J connectivity index is 2.06. The van der Waals surface area contributed by atoms with Crippen LogP contribution in [0.2, 0.25) is 0 Å². The van der Waals surface area contributed by atoms with Crippen LogP contribution in [0.4, 0.5) is 4.39 Å². The lowest BCUT2D eigenvalue weighted by Gasteiger charge is -2.15. The van der Waals surface area contributed by atoms with Gasteiger partial charge >= 0.3 is 5.97 Å². The summed E-state index contributed by atoms with van der Waals surface area (Å²) in [5, 5.41) is 12.2. The van der Waals surface area contributed by atoms with Crippen molar-refractivity contribution in [3.8, 4) is 5.75 Å². The third kappa shape index (κ3) is 4.03. The normalized spacial score (nSPS) is 11.9. The van der Waals surface area contributed by atoms with Gasteiger partial charge in [-0.1, -0.05) is 24.3 Å². The number of halogens is 1. The lowest BCUT2D eigenvalue weighted by Crippen LogP contribution is -2.28. The number of benzene rings is 2. The number of aliphatic carboxylic acids is 1. The van der Waals surface area contributed by atoms with Crippen molar-refractivity contribution in [3.63, 3.8) is 0 Å². The molecule has 1 unspecified atom stereocenters. The maximum absolute atomic E-state index is 12.9. The van der Waals surface area contributed by atoms with E-state index in [0.717, 1.165) is 11.3 Å². The largest absolute Gasteiger partial charge is 0.497 e. The number of carboxylic acids is 1. The van der Waals surface area contributed by atoms with E-state index in [-0.39, 0.29) is 0 Å². The topological polar surface area (TPSA) is 58.6 Å². The molecule has 0 aromatic heterocycles. The number of nitrogens with one attached hydrogen (secondary N) is 1. The Morgan fingerprint density at radius 1 is 1.19 bits per heavy atom. The molecule has 2 rings (SSSR count). The zero-order valence-electron chi connectivity index (χ0n) is 11.5. The van der Waals surface area contributed by atoms with E-state index in [1.807, 2.05) is 24.3 Å². The first-order valence-corrected chi connectivity index (χ1v) is 6.44. The average molecular weight is 289 g/mol. The second kappa shape index (κ2) is 6.85. The second-order valence-corrected chi connectivity index (χ2v) is 4.55. The summed E-state index contributed by atoms with van der Waals surface area (Å²) in [4.78, 5) is 11.3. The minimum absolute atomic E-state index is 0.387. The highest BCUT2D eigenvalue weighted by molar-refractivity contribution is 5.75. The minimum atomic E-state index is -1.00. The molecule has 110 valence electrons. The predicted molar refractivity (Wildman–Crippen MR) is 76.6 cm³/mol. The predicted octanol–water partition coefficient (Wildman–Crippen LogP) is 2.75. The molecule has 0 radical (unpaired) electrons. The molecule has 2 aromatic carbocycles. The fourth-order valence-electron chi connectivity index (χ4n) is 1.97. The van der Waals surface area contributed by atoms with Crippen LogP contribution in [0.25, 0.3) is 0 Å². The van der Waals surface area contributed by atoms with E-state index in [4.69, 9.17) is 4.74 Å². The van der Waals surface area contributed by atoms with Gasteiger partial charge in [0.25, 0.3) is 0 Å². The first-order chi connectivity index (χ1) is 10.1. The zero-order valence-corrected chi connectivity index (χ0v) is 11.5. The fourth-order valence-corrected chi connectivity index (χ4v) is 1.97. The van der Waals surface area contributed by atoms with E-state index < -0.39 is 17.8 Å². The van der Waals surface area contributed by atoms with Crippen LogP contribution in [0, 0.1) is 5.82 Å². The van der Waals surface area contributed by atoms with Crippen molar-refractivity contribution >= 4 is 5.97 Å². The molecule has 0 amide bonds. The molecule has 0 bridgehead atoms. The van der Waals surface area contributed by atoms with Crippen LogP contribution in [0.1, 0.15) is 17.2 Å². The third-order valence-electron chi connectivity index (χ3n) is 3.12. The summed E-state index contributed by atoms with van der Waals surface area (Å²) < 4.78 is 18.0. The molecule has 0 saturated heterocycles. The molecule has 0 heterocycles. The van der Waals surface area contributed by atoms with Gasteiger partial charge in [0.05, 0.1) is 7.11 Å². The summed E-state index contributed by atoms with van der Waals surface area (Å²) in [5.74, 6) is -0.653. The van der Waals surface area contributed by atoms with Crippen molar-refractivity contribution in [2.24, 2.45) is 0 Å². The van der Waals surface area contributed by atoms with Crippen molar-refractivity contribution in [1.82, 2.24) is 5.32 Å². The fraction of sp³-hybridized carbons (Fsp3) is 0.188. The van der Waals surface area contributed by atoms with Gasteiger partial charge in [0.2, 0.25) is 0 Å². The van der Waals surface area contributed by atoms with Crippen molar-refractivity contribution in [2.75, 3.05) is 7.11 Å². The molecular weight excluding hydrogens is 273 g/mol. The Hall–Kier alpha value is -2.40. The number of hydrogen-bond donors (Lipinski definition) is 2. The van der Waals surface area contributed by atoms with Crippen LogP contribution in [0.3, 0.4) is 0 Å².